The molecule has 0 amide bonds. The first-order valence-electron chi connectivity index (χ1n) is 2.93. The highest BCUT2D eigenvalue weighted by Crippen LogP contribution is 1.93. The molecule has 7 heteroatoms. The van der Waals surface area contributed by atoms with E-state index in [1.807, 2.05) is 0 Å². The van der Waals surface area contributed by atoms with Crippen molar-refractivity contribution in [1.29, 1.82) is 0 Å². The number of hydrogen-bond donors (Lipinski definition) is 6. The molecule has 0 heterocycles. The van der Waals surface area contributed by atoms with Crippen molar-refractivity contribution in [3.8, 4) is 0 Å². The summed E-state index contributed by atoms with van der Waals surface area (Å²) in [5.41, 5.74) is 3.94. The summed E-state index contributed by atoms with van der Waals surface area (Å²) in [6.45, 7) is -1.21. The van der Waals surface area contributed by atoms with Gasteiger partial charge < -0.3 is 31.1 Å². The fourth-order valence-corrected chi connectivity index (χ4v) is 0.150. The van der Waals surface area contributed by atoms with Crippen LogP contribution in [0.25, 0.3) is 0 Å². The number of nitrogens with two attached hydrogens (primary N) is 1. The van der Waals surface area contributed by atoms with Gasteiger partial charge in [-0.3, -0.25) is 0 Å². The van der Waals surface area contributed by atoms with Crippen molar-refractivity contribution in [1.82, 2.24) is 0 Å². The second kappa shape index (κ2) is 7.93. The van der Waals surface area contributed by atoms with Crippen LogP contribution in [0.15, 0.2) is 0 Å². The van der Waals surface area contributed by atoms with E-state index in [0.29, 0.717) is 0 Å². The molecule has 0 aromatic heterocycles. The monoisotopic (exact) mass is 167 g/mol. The van der Waals surface area contributed by atoms with Gasteiger partial charge in [-0.1, -0.05) is 0 Å². The Bertz CT molecular complexity index is 70.6. The average molecular weight is 167 g/mol. The third-order valence-electron chi connectivity index (χ3n) is 0.945. The lowest BCUT2D eigenvalue weighted by Crippen LogP contribution is -2.50. The van der Waals surface area contributed by atoms with Gasteiger partial charge in [0.1, 0.15) is 0 Å². The summed E-state index contributed by atoms with van der Waals surface area (Å²) in [7, 11) is -0.750. The molecule has 0 unspecified atom stereocenters. The Morgan fingerprint density at radius 3 is 1.18 bits per heavy atom. The molecule has 0 bridgehead atoms. The molecule has 0 saturated carbocycles. The van der Waals surface area contributed by atoms with Crippen molar-refractivity contribution in [3.05, 3.63) is 0 Å². The van der Waals surface area contributed by atoms with Gasteiger partial charge in [0.05, 0.1) is 25.4 Å². The Hall–Kier alpha value is -0.175. The van der Waals surface area contributed by atoms with Crippen LogP contribution in [0.5, 0.6) is 0 Å². The summed E-state index contributed by atoms with van der Waals surface area (Å²) < 4.78 is 0. The van der Waals surface area contributed by atoms with Gasteiger partial charge in [-0.05, 0) is 0 Å². The van der Waals surface area contributed by atoms with Gasteiger partial charge in [-0.2, -0.15) is 0 Å². The van der Waals surface area contributed by atoms with Gasteiger partial charge in [-0.25, -0.2) is 0 Å². The van der Waals surface area contributed by atoms with Gasteiger partial charge in [0.25, 0.3) is 0 Å². The number of hydrogen-bond acceptors (Lipinski definition) is 6. The third-order valence-corrected chi connectivity index (χ3v) is 0.945. The van der Waals surface area contributed by atoms with E-state index in [4.69, 9.17) is 31.1 Å². The van der Waals surface area contributed by atoms with Crippen molar-refractivity contribution in [3.63, 3.8) is 0 Å². The van der Waals surface area contributed by atoms with Crippen molar-refractivity contribution in [2.45, 2.75) is 5.54 Å². The van der Waals surface area contributed by atoms with Crippen molar-refractivity contribution in [2.24, 2.45) is 5.73 Å². The first kappa shape index (κ1) is 13.4. The quantitative estimate of drug-likeness (QED) is 0.237. The van der Waals surface area contributed by atoms with Crippen LogP contribution in [0, 0.1) is 0 Å². The molecule has 0 aromatic carbocycles. The summed E-state index contributed by atoms with van der Waals surface area (Å²) in [5.74, 6) is 0. The lowest BCUT2D eigenvalue weighted by molar-refractivity contribution is 0.0698. The Kier molecular flexibility index (Phi) is 9.67. The molecule has 11 heavy (non-hydrogen) atoms. The predicted molar refractivity (Wildman–Crippen MR) is 39.8 cm³/mol. The molecule has 0 rings (SSSR count). The number of aliphatic hydroxyl groups is 3. The minimum atomic E-state index is -1.21. The van der Waals surface area contributed by atoms with Gasteiger partial charge in [-0.15, -0.1) is 0 Å². The zero-order valence-electron chi connectivity index (χ0n) is 6.14. The van der Waals surface area contributed by atoms with E-state index in [9.17, 15) is 0 Å². The van der Waals surface area contributed by atoms with E-state index in [2.05, 4.69) is 0 Å². The van der Waals surface area contributed by atoms with Gasteiger partial charge >= 0.3 is 7.69 Å². The SMILES string of the molecule is NC(CO)(CO)CO.OBO. The Balaban J connectivity index is 0. The zero-order valence-corrected chi connectivity index (χ0v) is 6.14. The maximum atomic E-state index is 8.34. The highest BCUT2D eigenvalue weighted by Gasteiger charge is 2.20. The van der Waals surface area contributed by atoms with Crippen molar-refractivity contribution < 1.29 is 25.4 Å². The molecule has 0 aromatic rings. The summed E-state index contributed by atoms with van der Waals surface area (Å²) in [6.07, 6.45) is 0. The van der Waals surface area contributed by atoms with Crippen LogP contribution in [-0.4, -0.2) is 58.4 Å². The summed E-state index contributed by atoms with van der Waals surface area (Å²) in [4.78, 5) is 0. The maximum Gasteiger partial charge on any atom is 0.432 e. The van der Waals surface area contributed by atoms with Gasteiger partial charge in [0.15, 0.2) is 0 Å². The molecule has 0 spiro atoms. The molecular formula is C4H14BNO5. The lowest BCUT2D eigenvalue weighted by atomic mass is 10.1. The molecule has 68 valence electrons. The Morgan fingerprint density at radius 1 is 1.00 bits per heavy atom. The van der Waals surface area contributed by atoms with E-state index < -0.39 is 33.0 Å². The van der Waals surface area contributed by atoms with Gasteiger partial charge in [0.2, 0.25) is 0 Å². The molecule has 0 saturated heterocycles. The molecule has 0 atom stereocenters. The molecule has 6 nitrogen and oxygen atoms in total. The molecule has 0 fully saturated rings. The predicted octanol–water partition coefficient (Wildman–Crippen LogP) is -4.10. The van der Waals surface area contributed by atoms with Crippen LogP contribution >= 0.6 is 0 Å². The fourth-order valence-electron chi connectivity index (χ4n) is 0.150. The smallest absolute Gasteiger partial charge is 0.430 e. The van der Waals surface area contributed by atoms with Crippen LogP contribution < -0.4 is 5.73 Å². The van der Waals surface area contributed by atoms with Crippen LogP contribution in [0.2, 0.25) is 0 Å². The highest BCUT2D eigenvalue weighted by atomic mass is 16.4. The van der Waals surface area contributed by atoms with E-state index in [0.717, 1.165) is 0 Å². The summed E-state index contributed by atoms with van der Waals surface area (Å²) in [5, 5.41) is 39.3. The van der Waals surface area contributed by atoms with Crippen LogP contribution in [0.3, 0.4) is 0 Å². The first-order chi connectivity index (χ1) is 5.10. The van der Waals surface area contributed by atoms with E-state index in [1.54, 1.807) is 0 Å². The standard InChI is InChI=1S/C4H11NO3.BH3O2/c5-4(1-6,2-7)3-8;2-1-3/h6-8H,1-3,5H2;1-3H. The third kappa shape index (κ3) is 7.72. The molecule has 0 aliphatic heterocycles. The van der Waals surface area contributed by atoms with Gasteiger partial charge in [0, 0.05) is 0 Å². The minimum absolute atomic E-state index is 0.403. The normalized spacial score (nSPS) is 10.0. The fraction of sp³-hybridized carbons (Fsp3) is 1.00. The van der Waals surface area contributed by atoms with Crippen molar-refractivity contribution >= 4 is 7.69 Å². The number of aliphatic hydroxyl groups excluding tert-OH is 3. The Morgan fingerprint density at radius 2 is 1.18 bits per heavy atom. The largest absolute Gasteiger partial charge is 0.432 e. The molecular weight excluding hydrogens is 153 g/mol. The first-order valence-corrected chi connectivity index (χ1v) is 2.93. The summed E-state index contributed by atoms with van der Waals surface area (Å²) >= 11 is 0. The van der Waals surface area contributed by atoms with E-state index in [1.165, 1.54) is 0 Å². The maximum absolute atomic E-state index is 8.34. The second-order valence-corrected chi connectivity index (χ2v) is 1.98. The lowest BCUT2D eigenvalue weighted by Gasteiger charge is -2.20. The number of rotatable bonds is 3. The summed E-state index contributed by atoms with van der Waals surface area (Å²) in [6, 6.07) is 0. The average Bonchev–Trinajstić information content (AvgIpc) is 2.05. The Labute approximate surface area is 65.2 Å². The molecule has 0 aliphatic rings. The zero-order chi connectivity index (χ0) is 9.33. The van der Waals surface area contributed by atoms with Crippen LogP contribution in [-0.2, 0) is 0 Å². The van der Waals surface area contributed by atoms with E-state index in [-0.39, 0.29) is 0 Å². The van der Waals surface area contributed by atoms with Crippen LogP contribution in [0.4, 0.5) is 0 Å². The van der Waals surface area contributed by atoms with Crippen LogP contribution in [0.1, 0.15) is 0 Å². The molecule has 7 N–H and O–H groups in total. The second-order valence-electron chi connectivity index (χ2n) is 1.98. The minimum Gasteiger partial charge on any atom is -0.430 e. The molecule has 0 radical (unpaired) electrons. The van der Waals surface area contributed by atoms with E-state index >= 15 is 0 Å². The highest BCUT2D eigenvalue weighted by molar-refractivity contribution is 6.13. The van der Waals surface area contributed by atoms with Crippen molar-refractivity contribution in [2.75, 3.05) is 19.8 Å². The molecule has 0 aliphatic carbocycles. The topological polar surface area (TPSA) is 127 Å².